The standard InChI is InChI=1S/C18H22N2O/c1-21-18-11-10-14(13-20-18)12-19-17-9-5-3-7-15-6-2-4-8-16(15)17/h2,4,6,8,10-11,13,17,19H,3,5,7,9,12H2,1H3. The zero-order valence-corrected chi connectivity index (χ0v) is 12.5. The smallest absolute Gasteiger partial charge is 0.212 e. The summed E-state index contributed by atoms with van der Waals surface area (Å²) in [4.78, 5) is 4.26. The van der Waals surface area contributed by atoms with Gasteiger partial charge in [-0.3, -0.25) is 0 Å². The Labute approximate surface area is 126 Å². The highest BCUT2D eigenvalue weighted by Gasteiger charge is 2.17. The van der Waals surface area contributed by atoms with Gasteiger partial charge in [0.25, 0.3) is 0 Å². The molecule has 0 aliphatic heterocycles. The summed E-state index contributed by atoms with van der Waals surface area (Å²) >= 11 is 0. The first-order valence-electron chi connectivity index (χ1n) is 7.67. The Hall–Kier alpha value is -1.87. The number of nitrogens with one attached hydrogen (secondary N) is 1. The maximum atomic E-state index is 5.10. The van der Waals surface area contributed by atoms with Gasteiger partial charge in [0.1, 0.15) is 0 Å². The summed E-state index contributed by atoms with van der Waals surface area (Å²) in [5.41, 5.74) is 4.16. The van der Waals surface area contributed by atoms with Crippen molar-refractivity contribution in [1.29, 1.82) is 0 Å². The zero-order chi connectivity index (χ0) is 14.5. The molecular formula is C18H22N2O. The molecule has 1 unspecified atom stereocenters. The minimum absolute atomic E-state index is 0.450. The van der Waals surface area contributed by atoms with E-state index in [0.717, 1.165) is 6.54 Å². The van der Waals surface area contributed by atoms with E-state index in [1.54, 1.807) is 7.11 Å². The lowest BCUT2D eigenvalue weighted by Crippen LogP contribution is -2.21. The number of pyridine rings is 1. The second-order valence-corrected chi connectivity index (χ2v) is 5.59. The van der Waals surface area contributed by atoms with Crippen molar-refractivity contribution >= 4 is 0 Å². The van der Waals surface area contributed by atoms with Crippen LogP contribution in [0, 0.1) is 0 Å². The minimum atomic E-state index is 0.450. The molecule has 3 heteroatoms. The molecule has 0 saturated heterocycles. The van der Waals surface area contributed by atoms with E-state index >= 15 is 0 Å². The molecule has 1 atom stereocenters. The zero-order valence-electron chi connectivity index (χ0n) is 12.5. The normalized spacial score (nSPS) is 17.9. The Balaban J connectivity index is 1.69. The summed E-state index contributed by atoms with van der Waals surface area (Å²) in [5, 5.41) is 3.69. The van der Waals surface area contributed by atoms with Crippen LogP contribution in [0.1, 0.15) is 42.0 Å². The fourth-order valence-electron chi connectivity index (χ4n) is 3.01. The molecule has 3 nitrogen and oxygen atoms in total. The van der Waals surface area contributed by atoms with Crippen LogP contribution in [0.5, 0.6) is 5.88 Å². The van der Waals surface area contributed by atoms with E-state index in [-0.39, 0.29) is 0 Å². The molecule has 1 aliphatic carbocycles. The van der Waals surface area contributed by atoms with Gasteiger partial charge in [0.05, 0.1) is 7.11 Å². The summed E-state index contributed by atoms with van der Waals surface area (Å²) in [6.07, 6.45) is 6.87. The fraction of sp³-hybridized carbons (Fsp3) is 0.389. The monoisotopic (exact) mass is 282 g/mol. The highest BCUT2D eigenvalue weighted by atomic mass is 16.5. The lowest BCUT2D eigenvalue weighted by Gasteiger charge is -2.19. The highest BCUT2D eigenvalue weighted by Crippen LogP contribution is 2.28. The summed E-state index contributed by atoms with van der Waals surface area (Å²) in [7, 11) is 1.64. The van der Waals surface area contributed by atoms with Crippen molar-refractivity contribution in [2.75, 3.05) is 7.11 Å². The van der Waals surface area contributed by atoms with Crippen molar-refractivity contribution in [1.82, 2.24) is 10.3 Å². The first-order valence-corrected chi connectivity index (χ1v) is 7.67. The molecule has 2 aromatic rings. The van der Waals surface area contributed by atoms with Gasteiger partial charge < -0.3 is 10.1 Å². The topological polar surface area (TPSA) is 34.1 Å². The second-order valence-electron chi connectivity index (χ2n) is 5.59. The Morgan fingerprint density at radius 2 is 2.10 bits per heavy atom. The summed E-state index contributed by atoms with van der Waals surface area (Å²) in [5.74, 6) is 0.665. The van der Waals surface area contributed by atoms with Crippen molar-refractivity contribution in [3.63, 3.8) is 0 Å². The molecule has 1 aromatic carbocycles. The van der Waals surface area contributed by atoms with Crippen LogP contribution in [-0.4, -0.2) is 12.1 Å². The predicted molar refractivity (Wildman–Crippen MR) is 84.4 cm³/mol. The largest absolute Gasteiger partial charge is 0.481 e. The predicted octanol–water partition coefficient (Wildman–Crippen LogP) is 3.65. The fourth-order valence-corrected chi connectivity index (χ4v) is 3.01. The molecule has 0 saturated carbocycles. The number of nitrogens with zero attached hydrogens (tertiary/aromatic N) is 1. The maximum Gasteiger partial charge on any atom is 0.212 e. The molecular weight excluding hydrogens is 260 g/mol. The van der Waals surface area contributed by atoms with E-state index in [9.17, 15) is 0 Å². The molecule has 3 rings (SSSR count). The maximum absolute atomic E-state index is 5.10. The van der Waals surface area contributed by atoms with Crippen molar-refractivity contribution in [3.05, 3.63) is 59.3 Å². The number of aryl methyl sites for hydroxylation is 1. The molecule has 0 bridgehead atoms. The Bertz CT molecular complexity index is 580. The van der Waals surface area contributed by atoms with Crippen molar-refractivity contribution in [2.45, 2.75) is 38.3 Å². The number of rotatable bonds is 4. The number of fused-ring (bicyclic) bond motifs is 1. The molecule has 1 aliphatic rings. The van der Waals surface area contributed by atoms with Crippen LogP contribution in [0.25, 0.3) is 0 Å². The van der Waals surface area contributed by atoms with Crippen LogP contribution in [0.4, 0.5) is 0 Å². The number of hydrogen-bond acceptors (Lipinski definition) is 3. The average Bonchev–Trinajstić information content (AvgIpc) is 2.76. The Morgan fingerprint density at radius 3 is 2.90 bits per heavy atom. The quantitative estimate of drug-likeness (QED) is 0.869. The molecule has 0 fully saturated rings. The second kappa shape index (κ2) is 6.72. The first-order chi connectivity index (χ1) is 10.4. The SMILES string of the molecule is COc1ccc(CNC2CCCCc3ccccc32)cn1. The molecule has 1 aromatic heterocycles. The first kappa shape index (κ1) is 14.1. The van der Waals surface area contributed by atoms with Crippen LogP contribution in [0.2, 0.25) is 0 Å². The van der Waals surface area contributed by atoms with Gasteiger partial charge in [-0.15, -0.1) is 0 Å². The molecule has 21 heavy (non-hydrogen) atoms. The van der Waals surface area contributed by atoms with Gasteiger partial charge in [-0.2, -0.15) is 0 Å². The van der Waals surface area contributed by atoms with E-state index in [1.807, 2.05) is 12.3 Å². The van der Waals surface area contributed by atoms with Gasteiger partial charge in [-0.25, -0.2) is 4.98 Å². The van der Waals surface area contributed by atoms with Crippen LogP contribution in [0.15, 0.2) is 42.6 Å². The summed E-state index contributed by atoms with van der Waals surface area (Å²) in [6, 6.07) is 13.3. The molecule has 0 radical (unpaired) electrons. The van der Waals surface area contributed by atoms with Gasteiger partial charge in [-0.05, 0) is 36.0 Å². The molecule has 1 N–H and O–H groups in total. The van der Waals surface area contributed by atoms with Crippen molar-refractivity contribution in [3.8, 4) is 5.88 Å². The molecule has 1 heterocycles. The third-order valence-electron chi connectivity index (χ3n) is 4.18. The van der Waals surface area contributed by atoms with E-state index in [2.05, 4.69) is 40.6 Å². The third-order valence-corrected chi connectivity index (χ3v) is 4.18. The van der Waals surface area contributed by atoms with Crippen LogP contribution < -0.4 is 10.1 Å². The van der Waals surface area contributed by atoms with Crippen LogP contribution in [-0.2, 0) is 13.0 Å². The molecule has 110 valence electrons. The molecule has 0 amide bonds. The average molecular weight is 282 g/mol. The Morgan fingerprint density at radius 1 is 1.19 bits per heavy atom. The van der Waals surface area contributed by atoms with E-state index in [0.29, 0.717) is 11.9 Å². The number of benzene rings is 1. The van der Waals surface area contributed by atoms with Crippen molar-refractivity contribution < 1.29 is 4.74 Å². The van der Waals surface area contributed by atoms with E-state index in [1.165, 1.54) is 42.4 Å². The van der Waals surface area contributed by atoms with E-state index < -0.39 is 0 Å². The number of methoxy groups -OCH3 is 1. The summed E-state index contributed by atoms with van der Waals surface area (Å²) in [6.45, 7) is 0.843. The lowest BCUT2D eigenvalue weighted by molar-refractivity contribution is 0.397. The van der Waals surface area contributed by atoms with Gasteiger partial charge in [0.2, 0.25) is 5.88 Å². The minimum Gasteiger partial charge on any atom is -0.481 e. The van der Waals surface area contributed by atoms with Crippen LogP contribution >= 0.6 is 0 Å². The van der Waals surface area contributed by atoms with Crippen molar-refractivity contribution in [2.24, 2.45) is 0 Å². The Kier molecular flexibility index (Phi) is 4.51. The van der Waals surface area contributed by atoms with Gasteiger partial charge >= 0.3 is 0 Å². The van der Waals surface area contributed by atoms with E-state index in [4.69, 9.17) is 4.74 Å². The summed E-state index contributed by atoms with van der Waals surface area (Å²) < 4.78 is 5.10. The molecule has 0 spiro atoms. The number of aromatic nitrogens is 1. The highest BCUT2D eigenvalue weighted by molar-refractivity contribution is 5.31. The van der Waals surface area contributed by atoms with Crippen LogP contribution in [0.3, 0.4) is 0 Å². The van der Waals surface area contributed by atoms with Gasteiger partial charge in [0.15, 0.2) is 0 Å². The lowest BCUT2D eigenvalue weighted by atomic mass is 9.99. The number of ether oxygens (including phenoxy) is 1. The van der Waals surface area contributed by atoms with Gasteiger partial charge in [-0.1, -0.05) is 36.8 Å². The van der Waals surface area contributed by atoms with Gasteiger partial charge in [0, 0.05) is 24.8 Å². The third kappa shape index (κ3) is 3.42. The number of hydrogen-bond donors (Lipinski definition) is 1.